The van der Waals surface area contributed by atoms with Gasteiger partial charge in [0, 0.05) is 29.3 Å². The first-order valence-corrected chi connectivity index (χ1v) is 10.6. The lowest BCUT2D eigenvalue weighted by Crippen LogP contribution is -2.17. The Balaban J connectivity index is 1.47. The zero-order chi connectivity index (χ0) is 23.3. The maximum atomic E-state index is 12.4. The van der Waals surface area contributed by atoms with Crippen molar-refractivity contribution in [1.29, 1.82) is 0 Å². The number of nitrogens with zero attached hydrogens (tertiary/aromatic N) is 4. The summed E-state index contributed by atoms with van der Waals surface area (Å²) in [6.45, 7) is 0. The minimum Gasteiger partial charge on any atom is -0.406 e. The number of hydrogen-bond donors (Lipinski definition) is 1. The number of halogens is 3. The smallest absolute Gasteiger partial charge is 0.406 e. The molecule has 33 heavy (non-hydrogen) atoms. The minimum absolute atomic E-state index is 0.0160. The van der Waals surface area contributed by atoms with Crippen molar-refractivity contribution in [3.05, 3.63) is 79.1 Å². The second-order valence-corrected chi connectivity index (χ2v) is 7.56. The van der Waals surface area contributed by atoms with Crippen molar-refractivity contribution in [3.63, 3.8) is 0 Å². The van der Waals surface area contributed by atoms with Crippen LogP contribution in [-0.2, 0) is 4.79 Å². The number of carbonyl (C=O) groups excluding carboxylic acids is 1. The van der Waals surface area contributed by atoms with Crippen LogP contribution in [0.1, 0.15) is 0 Å². The van der Waals surface area contributed by atoms with Gasteiger partial charge in [0.2, 0.25) is 5.91 Å². The molecule has 1 amide bonds. The third-order valence-corrected chi connectivity index (χ3v) is 5.22. The van der Waals surface area contributed by atoms with E-state index in [9.17, 15) is 18.0 Å². The second-order valence-electron chi connectivity index (χ2n) is 6.62. The molecule has 0 radical (unpaired) electrons. The number of aromatic nitrogens is 4. The van der Waals surface area contributed by atoms with E-state index in [4.69, 9.17) is 0 Å². The lowest BCUT2D eigenvalue weighted by atomic mass is 10.2. The quantitative estimate of drug-likeness (QED) is 0.384. The molecule has 0 spiro atoms. The van der Waals surface area contributed by atoms with Gasteiger partial charge in [-0.05, 0) is 48.5 Å². The third kappa shape index (κ3) is 5.89. The molecule has 2 aromatic heterocycles. The van der Waals surface area contributed by atoms with Crippen LogP contribution in [0.3, 0.4) is 0 Å². The molecule has 0 saturated heterocycles. The maximum Gasteiger partial charge on any atom is 0.573 e. The summed E-state index contributed by atoms with van der Waals surface area (Å²) in [6.07, 6.45) is -1.46. The van der Waals surface area contributed by atoms with Crippen molar-refractivity contribution in [2.24, 2.45) is 0 Å². The Morgan fingerprint density at radius 3 is 2.33 bits per heavy atom. The molecular weight excluding hydrogens is 455 g/mol. The number of thioether (sulfide) groups is 1. The first-order chi connectivity index (χ1) is 15.9. The van der Waals surface area contributed by atoms with Crippen LogP contribution in [0.5, 0.6) is 5.75 Å². The molecule has 2 aromatic carbocycles. The van der Waals surface area contributed by atoms with Gasteiger partial charge >= 0.3 is 6.36 Å². The van der Waals surface area contributed by atoms with E-state index in [1.165, 1.54) is 23.9 Å². The van der Waals surface area contributed by atoms with Gasteiger partial charge in [-0.25, -0.2) is 0 Å². The molecule has 2 heterocycles. The van der Waals surface area contributed by atoms with Gasteiger partial charge in [0.15, 0.2) is 11.0 Å². The van der Waals surface area contributed by atoms with Gasteiger partial charge in [-0.3, -0.25) is 14.3 Å². The molecule has 0 atom stereocenters. The van der Waals surface area contributed by atoms with E-state index in [0.29, 0.717) is 16.7 Å². The van der Waals surface area contributed by atoms with E-state index in [1.807, 2.05) is 47.0 Å². The summed E-state index contributed by atoms with van der Waals surface area (Å²) in [4.78, 5) is 16.4. The number of para-hydroxylation sites is 1. The lowest BCUT2D eigenvalue weighted by molar-refractivity contribution is -0.274. The van der Waals surface area contributed by atoms with Crippen molar-refractivity contribution in [1.82, 2.24) is 19.7 Å². The number of alkyl halides is 3. The average molecular weight is 471 g/mol. The Bertz CT molecular complexity index is 1220. The van der Waals surface area contributed by atoms with Crippen LogP contribution in [0.2, 0.25) is 0 Å². The standard InChI is InChI=1S/C22H16F3N5O2S/c23-22(24,25)32-18-8-6-16(7-9-18)27-19(31)14-33-21-29-28-20(15-10-12-26-13-11-15)30(21)17-4-2-1-3-5-17/h1-13H,14H2,(H,27,31). The van der Waals surface area contributed by atoms with E-state index < -0.39 is 6.36 Å². The van der Waals surface area contributed by atoms with E-state index >= 15 is 0 Å². The van der Waals surface area contributed by atoms with E-state index in [0.717, 1.165) is 23.4 Å². The van der Waals surface area contributed by atoms with Crippen LogP contribution >= 0.6 is 11.8 Å². The van der Waals surface area contributed by atoms with Crippen molar-refractivity contribution in [3.8, 4) is 22.8 Å². The van der Waals surface area contributed by atoms with E-state index in [1.54, 1.807) is 12.4 Å². The average Bonchev–Trinajstić information content (AvgIpc) is 3.23. The molecule has 0 fully saturated rings. The van der Waals surface area contributed by atoms with Crippen molar-refractivity contribution < 1.29 is 22.7 Å². The van der Waals surface area contributed by atoms with Gasteiger partial charge in [-0.15, -0.1) is 23.4 Å². The van der Waals surface area contributed by atoms with Gasteiger partial charge in [-0.2, -0.15) is 0 Å². The van der Waals surface area contributed by atoms with E-state index in [-0.39, 0.29) is 17.4 Å². The summed E-state index contributed by atoms with van der Waals surface area (Å²) in [5.41, 5.74) is 1.99. The van der Waals surface area contributed by atoms with Crippen molar-refractivity contribution in [2.75, 3.05) is 11.1 Å². The summed E-state index contributed by atoms with van der Waals surface area (Å²) >= 11 is 1.18. The SMILES string of the molecule is O=C(CSc1nnc(-c2ccncc2)n1-c1ccccc1)Nc1ccc(OC(F)(F)F)cc1. The summed E-state index contributed by atoms with van der Waals surface area (Å²) in [6, 6.07) is 18.0. The highest BCUT2D eigenvalue weighted by atomic mass is 32.2. The molecule has 0 aliphatic carbocycles. The molecule has 0 unspecified atom stereocenters. The monoisotopic (exact) mass is 471 g/mol. The molecule has 0 aliphatic heterocycles. The fourth-order valence-corrected chi connectivity index (χ4v) is 3.68. The molecule has 168 valence electrons. The molecule has 4 rings (SSSR count). The van der Waals surface area contributed by atoms with Gasteiger partial charge in [0.25, 0.3) is 0 Å². The van der Waals surface area contributed by atoms with Crippen molar-refractivity contribution >= 4 is 23.4 Å². The Labute approximate surface area is 190 Å². The number of pyridine rings is 1. The van der Waals surface area contributed by atoms with Gasteiger partial charge in [0.1, 0.15) is 5.75 Å². The highest BCUT2D eigenvalue weighted by Crippen LogP contribution is 2.28. The molecular formula is C22H16F3N5O2S. The number of carbonyl (C=O) groups is 1. The van der Waals surface area contributed by atoms with Crippen LogP contribution < -0.4 is 10.1 Å². The largest absolute Gasteiger partial charge is 0.573 e. The highest BCUT2D eigenvalue weighted by Gasteiger charge is 2.31. The van der Waals surface area contributed by atoms with E-state index in [2.05, 4.69) is 25.2 Å². The number of amides is 1. The Hall–Kier alpha value is -3.86. The number of nitrogens with one attached hydrogen (secondary N) is 1. The summed E-state index contributed by atoms with van der Waals surface area (Å²) in [5.74, 6) is -0.0962. The minimum atomic E-state index is -4.77. The Morgan fingerprint density at radius 2 is 1.67 bits per heavy atom. The molecule has 0 bridgehead atoms. The zero-order valence-corrected chi connectivity index (χ0v) is 17.7. The predicted molar refractivity (Wildman–Crippen MR) is 117 cm³/mol. The van der Waals surface area contributed by atoms with Crippen LogP contribution in [0.15, 0.2) is 84.3 Å². The van der Waals surface area contributed by atoms with Crippen LogP contribution in [-0.4, -0.2) is 37.8 Å². The summed E-state index contributed by atoms with van der Waals surface area (Å²) in [5, 5.41) is 11.7. The molecule has 11 heteroatoms. The molecule has 4 aromatic rings. The summed E-state index contributed by atoms with van der Waals surface area (Å²) in [7, 11) is 0. The number of ether oxygens (including phenoxy) is 1. The molecule has 0 saturated carbocycles. The van der Waals surface area contributed by atoms with Gasteiger partial charge in [0.05, 0.1) is 5.75 Å². The Morgan fingerprint density at radius 1 is 0.970 bits per heavy atom. The highest BCUT2D eigenvalue weighted by molar-refractivity contribution is 7.99. The molecule has 7 nitrogen and oxygen atoms in total. The number of benzene rings is 2. The van der Waals surface area contributed by atoms with Gasteiger partial charge in [-0.1, -0.05) is 30.0 Å². The Kier molecular flexibility index (Phi) is 6.59. The summed E-state index contributed by atoms with van der Waals surface area (Å²) < 4.78 is 42.5. The fraction of sp³-hybridized carbons (Fsp3) is 0.0909. The normalized spacial score (nSPS) is 11.2. The number of anilines is 1. The fourth-order valence-electron chi connectivity index (χ4n) is 2.93. The molecule has 0 aliphatic rings. The lowest BCUT2D eigenvalue weighted by Gasteiger charge is -2.11. The number of hydrogen-bond acceptors (Lipinski definition) is 6. The van der Waals surface area contributed by atoms with Crippen LogP contribution in [0.25, 0.3) is 17.1 Å². The van der Waals surface area contributed by atoms with Crippen LogP contribution in [0, 0.1) is 0 Å². The van der Waals surface area contributed by atoms with Crippen molar-refractivity contribution in [2.45, 2.75) is 11.5 Å². The maximum absolute atomic E-state index is 12.4. The third-order valence-electron chi connectivity index (χ3n) is 4.29. The number of rotatable bonds is 7. The van der Waals surface area contributed by atoms with Crippen LogP contribution in [0.4, 0.5) is 18.9 Å². The predicted octanol–water partition coefficient (Wildman–Crippen LogP) is 4.96. The van der Waals surface area contributed by atoms with Gasteiger partial charge < -0.3 is 10.1 Å². The second kappa shape index (κ2) is 9.74. The first kappa shape index (κ1) is 22.3. The molecule has 1 N–H and O–H groups in total. The first-order valence-electron chi connectivity index (χ1n) is 9.59. The zero-order valence-electron chi connectivity index (χ0n) is 16.9. The topological polar surface area (TPSA) is 81.9 Å².